The maximum atomic E-state index is 13.5. The minimum absolute atomic E-state index is 0.215. The molecule has 1 aliphatic heterocycles. The lowest BCUT2D eigenvalue weighted by Crippen LogP contribution is -2.50. The third-order valence-corrected chi connectivity index (χ3v) is 4.61. The number of hydrogen-bond acceptors (Lipinski definition) is 3. The van der Waals surface area contributed by atoms with Crippen LogP contribution in [-0.2, 0) is 16.9 Å². The van der Waals surface area contributed by atoms with E-state index in [1.807, 2.05) is 30.3 Å². The molecular weight excluding hydrogens is 326 g/mol. The average molecular weight is 346 g/mol. The van der Waals surface area contributed by atoms with Gasteiger partial charge in [-0.25, -0.2) is 13.6 Å². The minimum Gasteiger partial charge on any atom is -0.445 e. The third-order valence-electron chi connectivity index (χ3n) is 4.61. The van der Waals surface area contributed by atoms with Gasteiger partial charge in [-0.1, -0.05) is 36.4 Å². The number of amides is 1. The topological polar surface area (TPSA) is 55.6 Å². The van der Waals surface area contributed by atoms with E-state index in [1.165, 1.54) is 6.07 Å². The number of piperidine rings is 1. The number of carbonyl (C=O) groups excluding carboxylic acids is 1. The molecule has 0 spiro atoms. The van der Waals surface area contributed by atoms with Crippen LogP contribution >= 0.6 is 0 Å². The fraction of sp³-hybridized carbons (Fsp3) is 0.316. The van der Waals surface area contributed by atoms with Crippen LogP contribution in [0.25, 0.3) is 0 Å². The normalized spacial score (nSPS) is 16.5. The molecule has 0 unspecified atom stereocenters. The molecule has 1 saturated heterocycles. The molecule has 1 aliphatic rings. The number of benzene rings is 2. The van der Waals surface area contributed by atoms with Crippen LogP contribution in [-0.4, -0.2) is 24.1 Å². The molecule has 1 amide bonds. The lowest BCUT2D eigenvalue weighted by Gasteiger charge is -2.39. The van der Waals surface area contributed by atoms with Crippen molar-refractivity contribution in [3.8, 4) is 0 Å². The van der Waals surface area contributed by atoms with Gasteiger partial charge in [0.05, 0.1) is 0 Å². The van der Waals surface area contributed by atoms with Crippen LogP contribution in [0, 0.1) is 11.6 Å². The van der Waals surface area contributed by atoms with E-state index >= 15 is 0 Å². The number of carbonyl (C=O) groups is 1. The van der Waals surface area contributed by atoms with Gasteiger partial charge in [0.2, 0.25) is 0 Å². The quantitative estimate of drug-likeness (QED) is 0.925. The first-order valence-corrected chi connectivity index (χ1v) is 8.18. The summed E-state index contributed by atoms with van der Waals surface area (Å²) in [6.07, 6.45) is 0.521. The number of halogens is 2. The Morgan fingerprint density at radius 3 is 2.40 bits per heavy atom. The van der Waals surface area contributed by atoms with Crippen LogP contribution < -0.4 is 5.73 Å². The van der Waals surface area contributed by atoms with Crippen LogP contribution in [0.15, 0.2) is 48.5 Å². The molecule has 1 heterocycles. The predicted molar refractivity (Wildman–Crippen MR) is 89.7 cm³/mol. The van der Waals surface area contributed by atoms with Crippen molar-refractivity contribution < 1.29 is 18.3 Å². The number of nitrogens with zero attached hydrogens (tertiary/aromatic N) is 1. The maximum absolute atomic E-state index is 13.5. The Kier molecular flexibility index (Phi) is 4.99. The molecule has 0 atom stereocenters. The predicted octanol–water partition coefficient (Wildman–Crippen LogP) is 3.55. The lowest BCUT2D eigenvalue weighted by atomic mass is 9.82. The van der Waals surface area contributed by atoms with Gasteiger partial charge in [0.1, 0.15) is 6.61 Å². The smallest absolute Gasteiger partial charge is 0.410 e. The molecule has 25 heavy (non-hydrogen) atoms. The van der Waals surface area contributed by atoms with Crippen molar-refractivity contribution in [1.29, 1.82) is 0 Å². The Morgan fingerprint density at radius 1 is 1.08 bits per heavy atom. The first-order chi connectivity index (χ1) is 12.0. The molecule has 0 aromatic heterocycles. The van der Waals surface area contributed by atoms with Crippen molar-refractivity contribution in [2.24, 2.45) is 5.73 Å². The average Bonchev–Trinajstić information content (AvgIpc) is 2.63. The summed E-state index contributed by atoms with van der Waals surface area (Å²) in [5, 5.41) is 0. The van der Waals surface area contributed by atoms with E-state index < -0.39 is 23.3 Å². The summed E-state index contributed by atoms with van der Waals surface area (Å²) in [5.74, 6) is -1.80. The van der Waals surface area contributed by atoms with Crippen molar-refractivity contribution in [3.05, 3.63) is 71.3 Å². The van der Waals surface area contributed by atoms with Gasteiger partial charge in [0.25, 0.3) is 0 Å². The molecule has 0 radical (unpaired) electrons. The van der Waals surface area contributed by atoms with Gasteiger partial charge >= 0.3 is 6.09 Å². The Morgan fingerprint density at radius 2 is 1.76 bits per heavy atom. The van der Waals surface area contributed by atoms with Gasteiger partial charge in [-0.3, -0.25) is 0 Å². The number of ether oxygens (including phenoxy) is 1. The summed E-state index contributed by atoms with van der Waals surface area (Å²) < 4.78 is 31.9. The zero-order valence-electron chi connectivity index (χ0n) is 13.8. The lowest BCUT2D eigenvalue weighted by molar-refractivity contribution is 0.0779. The van der Waals surface area contributed by atoms with Crippen molar-refractivity contribution >= 4 is 6.09 Å². The molecular formula is C19H20F2N2O2. The molecule has 2 aromatic carbocycles. The largest absolute Gasteiger partial charge is 0.445 e. The van der Waals surface area contributed by atoms with E-state index in [-0.39, 0.29) is 6.61 Å². The SMILES string of the molecule is NC1(c2ccc(F)c(F)c2)CCN(C(=O)OCc2ccccc2)CC1. The monoisotopic (exact) mass is 346 g/mol. The number of nitrogens with two attached hydrogens (primary N) is 1. The second-order valence-corrected chi connectivity index (χ2v) is 6.31. The van der Waals surface area contributed by atoms with E-state index in [0.717, 1.165) is 17.7 Å². The molecule has 0 saturated carbocycles. The molecule has 6 heteroatoms. The first kappa shape index (κ1) is 17.4. The van der Waals surface area contributed by atoms with Crippen LogP contribution in [0.1, 0.15) is 24.0 Å². The van der Waals surface area contributed by atoms with Gasteiger partial charge in [0.15, 0.2) is 11.6 Å². The Hall–Kier alpha value is -2.47. The van der Waals surface area contributed by atoms with Gasteiger partial charge in [0, 0.05) is 18.6 Å². The maximum Gasteiger partial charge on any atom is 0.410 e. The van der Waals surface area contributed by atoms with Crippen LogP contribution in [0.2, 0.25) is 0 Å². The Balaban J connectivity index is 1.57. The van der Waals surface area contributed by atoms with E-state index in [1.54, 1.807) is 4.90 Å². The summed E-state index contributed by atoms with van der Waals surface area (Å²) in [6.45, 7) is 1.03. The second-order valence-electron chi connectivity index (χ2n) is 6.31. The van der Waals surface area contributed by atoms with Crippen LogP contribution in [0.5, 0.6) is 0 Å². The highest BCUT2D eigenvalue weighted by Crippen LogP contribution is 2.31. The van der Waals surface area contributed by atoms with Crippen molar-refractivity contribution in [2.45, 2.75) is 25.0 Å². The molecule has 132 valence electrons. The van der Waals surface area contributed by atoms with E-state index in [2.05, 4.69) is 0 Å². The zero-order valence-corrected chi connectivity index (χ0v) is 13.8. The number of likely N-dealkylation sites (tertiary alicyclic amines) is 1. The molecule has 1 fully saturated rings. The molecule has 0 bridgehead atoms. The summed E-state index contributed by atoms with van der Waals surface area (Å²) in [7, 11) is 0. The van der Waals surface area contributed by atoms with Gasteiger partial charge in [-0.05, 0) is 36.1 Å². The molecule has 2 aromatic rings. The summed E-state index contributed by atoms with van der Waals surface area (Å²) in [4.78, 5) is 13.8. The van der Waals surface area contributed by atoms with Crippen molar-refractivity contribution in [1.82, 2.24) is 4.90 Å². The van der Waals surface area contributed by atoms with Crippen molar-refractivity contribution in [2.75, 3.05) is 13.1 Å². The van der Waals surface area contributed by atoms with E-state index in [9.17, 15) is 13.6 Å². The highest BCUT2D eigenvalue weighted by Gasteiger charge is 2.35. The fourth-order valence-corrected chi connectivity index (χ4v) is 2.99. The summed E-state index contributed by atoms with van der Waals surface area (Å²) >= 11 is 0. The standard InChI is InChI=1S/C19H20F2N2O2/c20-16-7-6-15(12-17(16)21)19(22)8-10-23(11-9-19)18(24)25-13-14-4-2-1-3-5-14/h1-7,12H,8-11,13,22H2. The highest BCUT2D eigenvalue weighted by atomic mass is 19.2. The van der Waals surface area contributed by atoms with Gasteiger partial charge in [-0.2, -0.15) is 0 Å². The Bertz CT molecular complexity index is 744. The van der Waals surface area contributed by atoms with Crippen molar-refractivity contribution in [3.63, 3.8) is 0 Å². The van der Waals surface area contributed by atoms with Crippen LogP contribution in [0.4, 0.5) is 13.6 Å². The Labute approximate surface area is 145 Å². The summed E-state index contributed by atoms with van der Waals surface area (Å²) in [6, 6.07) is 13.2. The number of rotatable bonds is 3. The van der Waals surface area contributed by atoms with E-state index in [0.29, 0.717) is 31.5 Å². The summed E-state index contributed by atoms with van der Waals surface area (Å²) in [5.41, 5.74) is 7.05. The van der Waals surface area contributed by atoms with Gasteiger partial charge < -0.3 is 15.4 Å². The van der Waals surface area contributed by atoms with Gasteiger partial charge in [-0.15, -0.1) is 0 Å². The highest BCUT2D eigenvalue weighted by molar-refractivity contribution is 5.67. The molecule has 3 rings (SSSR count). The molecule has 4 nitrogen and oxygen atoms in total. The molecule has 2 N–H and O–H groups in total. The first-order valence-electron chi connectivity index (χ1n) is 8.18. The minimum atomic E-state index is -0.910. The van der Waals surface area contributed by atoms with E-state index in [4.69, 9.17) is 10.5 Å². The second kappa shape index (κ2) is 7.19. The molecule has 0 aliphatic carbocycles. The third kappa shape index (κ3) is 3.96. The van der Waals surface area contributed by atoms with Crippen LogP contribution in [0.3, 0.4) is 0 Å². The zero-order chi connectivity index (χ0) is 17.9. The number of hydrogen-bond donors (Lipinski definition) is 1. The fourth-order valence-electron chi connectivity index (χ4n) is 2.99.